The van der Waals surface area contributed by atoms with E-state index >= 15 is 0 Å². The first kappa shape index (κ1) is 12.5. The highest BCUT2D eigenvalue weighted by Crippen LogP contribution is 2.45. The van der Waals surface area contributed by atoms with Crippen molar-refractivity contribution in [1.29, 1.82) is 0 Å². The van der Waals surface area contributed by atoms with Crippen molar-refractivity contribution < 1.29 is 4.74 Å². The number of para-hydroxylation sites is 4. The fraction of sp³-hybridized carbons (Fsp3) is 0.278. The standard InChI is InChI=1S/C18H18N2O/c1-2-8-14(7-1)19-13-20-15-9-3-5-11-17(15)21-18-12-6-4-10-16(18)20/h3-6,9-14H,1-2,7-8H2/b19-13+. The topological polar surface area (TPSA) is 24.8 Å². The van der Waals surface area contributed by atoms with Crippen molar-refractivity contribution in [3.05, 3.63) is 48.5 Å². The molecule has 0 saturated heterocycles. The molecule has 1 saturated carbocycles. The van der Waals surface area contributed by atoms with Gasteiger partial charge in [0.25, 0.3) is 0 Å². The van der Waals surface area contributed by atoms with E-state index in [1.54, 1.807) is 0 Å². The molecule has 3 heteroatoms. The number of fused-ring (bicyclic) bond motifs is 2. The lowest BCUT2D eigenvalue weighted by Crippen LogP contribution is -2.20. The van der Waals surface area contributed by atoms with Crippen molar-refractivity contribution in [3.63, 3.8) is 0 Å². The summed E-state index contributed by atoms with van der Waals surface area (Å²) in [4.78, 5) is 6.94. The first-order chi connectivity index (χ1) is 10.4. The van der Waals surface area contributed by atoms with Gasteiger partial charge in [0.15, 0.2) is 11.5 Å². The molecule has 0 unspecified atom stereocenters. The normalized spacial score (nSPS) is 17.6. The number of aliphatic imine (C=N–C) groups is 1. The second kappa shape index (κ2) is 5.24. The van der Waals surface area contributed by atoms with E-state index < -0.39 is 0 Å². The quantitative estimate of drug-likeness (QED) is 0.576. The van der Waals surface area contributed by atoms with Gasteiger partial charge in [0.1, 0.15) is 0 Å². The molecule has 2 aromatic rings. The van der Waals surface area contributed by atoms with Gasteiger partial charge in [-0.05, 0) is 37.1 Å². The molecule has 2 aromatic carbocycles. The SMILES string of the molecule is C(=N\C1CCCC1)/N1c2ccccc2Oc2ccccc21. The molecule has 1 fully saturated rings. The molecule has 1 aliphatic heterocycles. The van der Waals surface area contributed by atoms with Gasteiger partial charge in [0.2, 0.25) is 0 Å². The predicted octanol–water partition coefficient (Wildman–Crippen LogP) is 4.90. The van der Waals surface area contributed by atoms with Crippen LogP contribution < -0.4 is 9.64 Å². The highest BCUT2D eigenvalue weighted by atomic mass is 16.5. The summed E-state index contributed by atoms with van der Waals surface area (Å²) in [7, 11) is 0. The molecule has 2 aliphatic rings. The minimum Gasteiger partial charge on any atom is -0.453 e. The Hall–Kier alpha value is -2.29. The van der Waals surface area contributed by atoms with Gasteiger partial charge in [-0.2, -0.15) is 0 Å². The van der Waals surface area contributed by atoms with Crippen LogP contribution in [0.3, 0.4) is 0 Å². The first-order valence-corrected chi connectivity index (χ1v) is 7.60. The van der Waals surface area contributed by atoms with Gasteiger partial charge in [-0.1, -0.05) is 37.1 Å². The second-order valence-electron chi connectivity index (χ2n) is 5.61. The average Bonchev–Trinajstić information content (AvgIpc) is 3.05. The van der Waals surface area contributed by atoms with Crippen molar-refractivity contribution in [1.82, 2.24) is 0 Å². The summed E-state index contributed by atoms with van der Waals surface area (Å²) >= 11 is 0. The number of hydrogen-bond acceptors (Lipinski definition) is 2. The monoisotopic (exact) mass is 278 g/mol. The molecule has 0 bridgehead atoms. The van der Waals surface area contributed by atoms with Gasteiger partial charge >= 0.3 is 0 Å². The van der Waals surface area contributed by atoms with Gasteiger partial charge in [-0.15, -0.1) is 0 Å². The van der Waals surface area contributed by atoms with Crippen LogP contribution in [0.25, 0.3) is 0 Å². The molecule has 0 spiro atoms. The van der Waals surface area contributed by atoms with E-state index in [4.69, 9.17) is 9.73 Å². The zero-order valence-electron chi connectivity index (χ0n) is 11.9. The van der Waals surface area contributed by atoms with Gasteiger partial charge < -0.3 is 4.74 Å². The van der Waals surface area contributed by atoms with E-state index in [1.165, 1.54) is 25.7 Å². The third kappa shape index (κ3) is 2.29. The number of rotatable bonds is 2. The van der Waals surface area contributed by atoms with Crippen LogP contribution in [-0.2, 0) is 0 Å². The Morgan fingerprint density at radius 1 is 0.905 bits per heavy atom. The molecular weight excluding hydrogens is 260 g/mol. The van der Waals surface area contributed by atoms with Crippen molar-refractivity contribution >= 4 is 17.7 Å². The van der Waals surface area contributed by atoms with E-state index in [0.717, 1.165) is 22.9 Å². The molecule has 0 aromatic heterocycles. The lowest BCUT2D eigenvalue weighted by molar-refractivity contribution is 0.478. The summed E-state index contributed by atoms with van der Waals surface area (Å²) in [6, 6.07) is 16.7. The molecule has 3 nitrogen and oxygen atoms in total. The Morgan fingerprint density at radius 3 is 2.10 bits per heavy atom. The van der Waals surface area contributed by atoms with E-state index in [2.05, 4.69) is 17.0 Å². The van der Waals surface area contributed by atoms with Gasteiger partial charge in [0.05, 0.1) is 23.8 Å². The Balaban J connectivity index is 1.74. The maximum absolute atomic E-state index is 5.98. The first-order valence-electron chi connectivity index (χ1n) is 7.60. The Labute approximate surface area is 124 Å². The van der Waals surface area contributed by atoms with E-state index in [0.29, 0.717) is 6.04 Å². The molecule has 4 rings (SSSR count). The van der Waals surface area contributed by atoms with Crippen LogP contribution in [0.5, 0.6) is 11.5 Å². The number of nitrogens with zero attached hydrogens (tertiary/aromatic N) is 2. The maximum Gasteiger partial charge on any atom is 0.151 e. The molecule has 106 valence electrons. The average molecular weight is 278 g/mol. The summed E-state index contributed by atoms with van der Waals surface area (Å²) in [5.74, 6) is 1.77. The van der Waals surface area contributed by atoms with Crippen molar-refractivity contribution in [2.45, 2.75) is 31.7 Å². The highest BCUT2D eigenvalue weighted by molar-refractivity contribution is 5.95. The van der Waals surface area contributed by atoms with E-state index in [9.17, 15) is 0 Å². The van der Waals surface area contributed by atoms with E-state index in [1.807, 2.05) is 42.7 Å². The van der Waals surface area contributed by atoms with Crippen LogP contribution in [-0.4, -0.2) is 12.4 Å². The zero-order valence-corrected chi connectivity index (χ0v) is 11.9. The van der Waals surface area contributed by atoms with Crippen LogP contribution in [0.15, 0.2) is 53.5 Å². The lowest BCUT2D eigenvalue weighted by atomic mass is 10.2. The Bertz CT molecular complexity index is 629. The van der Waals surface area contributed by atoms with Crippen molar-refractivity contribution in [3.8, 4) is 11.5 Å². The molecule has 0 radical (unpaired) electrons. The smallest absolute Gasteiger partial charge is 0.151 e. The van der Waals surface area contributed by atoms with Crippen molar-refractivity contribution in [2.75, 3.05) is 4.90 Å². The van der Waals surface area contributed by atoms with Gasteiger partial charge in [-0.25, -0.2) is 0 Å². The fourth-order valence-corrected chi connectivity index (χ4v) is 3.07. The molecule has 0 N–H and O–H groups in total. The number of hydrogen-bond donors (Lipinski definition) is 0. The van der Waals surface area contributed by atoms with Gasteiger partial charge in [-0.3, -0.25) is 9.89 Å². The minimum absolute atomic E-state index is 0.479. The molecular formula is C18H18N2O. The molecule has 0 amide bonds. The summed E-state index contributed by atoms with van der Waals surface area (Å²) in [5.41, 5.74) is 2.11. The Morgan fingerprint density at radius 2 is 1.48 bits per heavy atom. The third-order valence-electron chi connectivity index (χ3n) is 4.19. The number of ether oxygens (including phenoxy) is 1. The van der Waals surface area contributed by atoms with Crippen LogP contribution in [0.4, 0.5) is 11.4 Å². The largest absolute Gasteiger partial charge is 0.453 e. The Kier molecular flexibility index (Phi) is 3.11. The predicted molar refractivity (Wildman–Crippen MR) is 85.8 cm³/mol. The molecule has 0 atom stereocenters. The highest BCUT2D eigenvalue weighted by Gasteiger charge is 2.23. The van der Waals surface area contributed by atoms with Crippen LogP contribution >= 0.6 is 0 Å². The zero-order chi connectivity index (χ0) is 14.1. The van der Waals surface area contributed by atoms with Crippen molar-refractivity contribution in [2.24, 2.45) is 4.99 Å². The fourth-order valence-electron chi connectivity index (χ4n) is 3.07. The van der Waals surface area contributed by atoms with Crippen LogP contribution in [0, 0.1) is 0 Å². The molecule has 1 heterocycles. The summed E-state index contributed by atoms with van der Waals surface area (Å²) in [6.45, 7) is 0. The van der Waals surface area contributed by atoms with E-state index in [-0.39, 0.29) is 0 Å². The molecule has 21 heavy (non-hydrogen) atoms. The van der Waals surface area contributed by atoms with Crippen LogP contribution in [0.1, 0.15) is 25.7 Å². The maximum atomic E-state index is 5.98. The number of benzene rings is 2. The molecule has 1 aliphatic carbocycles. The van der Waals surface area contributed by atoms with Gasteiger partial charge in [0, 0.05) is 0 Å². The number of anilines is 2. The summed E-state index contributed by atoms with van der Waals surface area (Å²) in [6.07, 6.45) is 7.01. The summed E-state index contributed by atoms with van der Waals surface area (Å²) < 4.78 is 5.98. The summed E-state index contributed by atoms with van der Waals surface area (Å²) in [5, 5.41) is 0. The minimum atomic E-state index is 0.479. The lowest BCUT2D eigenvalue weighted by Gasteiger charge is -2.29. The third-order valence-corrected chi connectivity index (χ3v) is 4.19. The van der Waals surface area contributed by atoms with Crippen LogP contribution in [0.2, 0.25) is 0 Å². The second-order valence-corrected chi connectivity index (χ2v) is 5.61.